The van der Waals surface area contributed by atoms with Crippen LogP contribution in [0, 0.1) is 22.9 Å². The second-order valence-corrected chi connectivity index (χ2v) is 22.8. The molecule has 0 atom stereocenters. The topological polar surface area (TPSA) is 25.8 Å². The van der Waals surface area contributed by atoms with Gasteiger partial charge in [-0.3, -0.25) is 9.97 Å². The van der Waals surface area contributed by atoms with Gasteiger partial charge in [-0.05, 0) is 81.1 Å². The SMILES string of the molecule is CC[Si](C#Cc1c2ccc(-c3cncs3)cc2c(C#C[Si](CC)(CC)CC)c2ccc(-c3cncs3)cc12)(CC)CC. The Morgan fingerprint density at radius 2 is 0.929 bits per heavy atom. The Kier molecular flexibility index (Phi) is 9.50. The first-order valence-corrected chi connectivity index (χ1v) is 22.3. The van der Waals surface area contributed by atoms with E-state index >= 15 is 0 Å². The van der Waals surface area contributed by atoms with Crippen molar-refractivity contribution in [1.82, 2.24) is 9.97 Å². The van der Waals surface area contributed by atoms with Crippen molar-refractivity contribution in [2.75, 3.05) is 0 Å². The highest BCUT2D eigenvalue weighted by molar-refractivity contribution is 7.13. The third-order valence-electron chi connectivity index (χ3n) is 9.52. The van der Waals surface area contributed by atoms with Gasteiger partial charge in [0.25, 0.3) is 0 Å². The quantitative estimate of drug-likeness (QED) is 0.0980. The molecule has 0 aliphatic carbocycles. The van der Waals surface area contributed by atoms with Crippen LogP contribution in [0.1, 0.15) is 52.7 Å². The summed E-state index contributed by atoms with van der Waals surface area (Å²) in [5.74, 6) is 7.67. The molecule has 0 saturated heterocycles. The minimum Gasteiger partial charge on any atom is -0.252 e. The summed E-state index contributed by atoms with van der Waals surface area (Å²) in [6.07, 6.45) is 3.93. The number of hydrogen-bond acceptors (Lipinski definition) is 4. The van der Waals surface area contributed by atoms with Gasteiger partial charge in [-0.15, -0.1) is 33.8 Å². The van der Waals surface area contributed by atoms with Gasteiger partial charge in [-0.25, -0.2) is 0 Å². The van der Waals surface area contributed by atoms with E-state index in [1.807, 2.05) is 23.4 Å². The van der Waals surface area contributed by atoms with E-state index in [2.05, 4.69) is 111 Å². The van der Waals surface area contributed by atoms with E-state index < -0.39 is 16.1 Å². The Bertz CT molecular complexity index is 1660. The molecule has 5 aromatic rings. The standard InChI is InChI=1S/C36H40N2S2Si2/c1-7-41(8-2,9-3)19-17-31-29-15-13-28(36-24-38-26-40-36)22-34(29)32(18-20-42(10-4,11-5)12-6)30-16-14-27(21-33(30)31)35-23-37-25-39-35/h13-16,21-26H,7-12H2,1-6H3. The van der Waals surface area contributed by atoms with Crippen LogP contribution in [0.3, 0.4) is 0 Å². The van der Waals surface area contributed by atoms with Crippen LogP contribution in [0.4, 0.5) is 0 Å². The first-order chi connectivity index (χ1) is 20.5. The van der Waals surface area contributed by atoms with E-state index in [1.165, 1.54) is 78.7 Å². The molecule has 0 aliphatic rings. The van der Waals surface area contributed by atoms with Crippen molar-refractivity contribution >= 4 is 60.4 Å². The summed E-state index contributed by atoms with van der Waals surface area (Å²) in [5, 5.41) is 4.83. The molecule has 0 spiro atoms. The number of nitrogens with zero attached hydrogens (tertiary/aromatic N) is 2. The van der Waals surface area contributed by atoms with E-state index in [4.69, 9.17) is 0 Å². The number of thiazole rings is 2. The lowest BCUT2D eigenvalue weighted by Crippen LogP contribution is -2.29. The molecular formula is C36H40N2S2Si2. The van der Waals surface area contributed by atoms with Crippen LogP contribution in [0.5, 0.6) is 0 Å². The average Bonchev–Trinajstić information content (AvgIpc) is 3.78. The molecule has 5 rings (SSSR count). The van der Waals surface area contributed by atoms with Gasteiger partial charge in [-0.1, -0.05) is 77.6 Å². The second-order valence-electron chi connectivity index (χ2n) is 11.2. The highest BCUT2D eigenvalue weighted by Crippen LogP contribution is 2.38. The van der Waals surface area contributed by atoms with Crippen molar-refractivity contribution in [3.05, 3.63) is 70.9 Å². The number of fused-ring (bicyclic) bond motifs is 2. The smallest absolute Gasteiger partial charge is 0.138 e. The van der Waals surface area contributed by atoms with Crippen LogP contribution in [-0.2, 0) is 0 Å². The molecule has 3 aromatic carbocycles. The molecule has 6 heteroatoms. The summed E-state index contributed by atoms with van der Waals surface area (Å²) < 4.78 is 0. The molecule has 214 valence electrons. The van der Waals surface area contributed by atoms with Crippen LogP contribution in [-0.4, -0.2) is 26.1 Å². The highest BCUT2D eigenvalue weighted by atomic mass is 32.1. The third kappa shape index (κ3) is 5.79. The molecule has 2 aromatic heterocycles. The maximum absolute atomic E-state index is 4.36. The van der Waals surface area contributed by atoms with Crippen molar-refractivity contribution in [3.63, 3.8) is 0 Å². The Balaban J connectivity index is 1.91. The zero-order valence-electron chi connectivity index (χ0n) is 25.7. The van der Waals surface area contributed by atoms with E-state index in [-0.39, 0.29) is 0 Å². The first-order valence-electron chi connectivity index (χ1n) is 15.3. The molecule has 0 fully saturated rings. The van der Waals surface area contributed by atoms with Gasteiger partial charge in [-0.2, -0.15) is 0 Å². The maximum atomic E-state index is 4.36. The fourth-order valence-electron chi connectivity index (χ4n) is 5.94. The molecule has 42 heavy (non-hydrogen) atoms. The van der Waals surface area contributed by atoms with Gasteiger partial charge in [0.05, 0.1) is 20.8 Å². The van der Waals surface area contributed by atoms with E-state index in [0.717, 1.165) is 11.1 Å². The van der Waals surface area contributed by atoms with E-state index in [0.29, 0.717) is 0 Å². The molecule has 0 N–H and O–H groups in total. The first kappa shape index (κ1) is 30.5. The number of hydrogen-bond donors (Lipinski definition) is 0. The summed E-state index contributed by atoms with van der Waals surface area (Å²) in [7, 11) is -3.33. The third-order valence-corrected chi connectivity index (χ3v) is 20.6. The monoisotopic (exact) mass is 620 g/mol. The minimum absolute atomic E-state index is 1.14. The molecule has 0 unspecified atom stereocenters. The predicted octanol–water partition coefficient (Wildman–Crippen LogP) is 11.0. The molecule has 0 amide bonds. The van der Waals surface area contributed by atoms with Gasteiger partial charge in [0.15, 0.2) is 0 Å². The Labute approximate surface area is 261 Å². The van der Waals surface area contributed by atoms with Crippen molar-refractivity contribution in [2.45, 2.75) is 77.8 Å². The fraction of sp³-hybridized carbons (Fsp3) is 0.333. The average molecular weight is 621 g/mol. The zero-order chi connectivity index (χ0) is 29.7. The minimum atomic E-state index is -1.66. The van der Waals surface area contributed by atoms with Crippen LogP contribution in [0.15, 0.2) is 59.8 Å². The normalized spacial score (nSPS) is 11.8. The Morgan fingerprint density at radius 3 is 1.24 bits per heavy atom. The molecule has 2 heterocycles. The van der Waals surface area contributed by atoms with Crippen LogP contribution in [0.25, 0.3) is 42.4 Å². The lowest BCUT2D eigenvalue weighted by atomic mass is 9.90. The molecule has 0 saturated carbocycles. The molecular weight excluding hydrogens is 581 g/mol. The van der Waals surface area contributed by atoms with Crippen molar-refractivity contribution < 1.29 is 0 Å². The summed E-state index contributed by atoms with van der Waals surface area (Å²) in [5.41, 5.74) is 16.3. The number of benzene rings is 3. The van der Waals surface area contributed by atoms with Crippen LogP contribution < -0.4 is 0 Å². The zero-order valence-corrected chi connectivity index (χ0v) is 29.4. The number of rotatable bonds is 8. The van der Waals surface area contributed by atoms with Crippen molar-refractivity contribution in [1.29, 1.82) is 0 Å². The molecule has 0 radical (unpaired) electrons. The Morgan fingerprint density at radius 1 is 0.548 bits per heavy atom. The van der Waals surface area contributed by atoms with Crippen molar-refractivity contribution in [3.8, 4) is 43.8 Å². The maximum Gasteiger partial charge on any atom is 0.138 e. The summed E-state index contributed by atoms with van der Waals surface area (Å²) in [6, 6.07) is 20.9. The van der Waals surface area contributed by atoms with Gasteiger partial charge in [0.2, 0.25) is 0 Å². The summed E-state index contributed by atoms with van der Waals surface area (Å²) >= 11 is 3.36. The van der Waals surface area contributed by atoms with Gasteiger partial charge >= 0.3 is 0 Å². The Hall–Kier alpha value is -3.01. The largest absolute Gasteiger partial charge is 0.252 e. The van der Waals surface area contributed by atoms with E-state index in [1.54, 1.807) is 22.7 Å². The molecule has 2 nitrogen and oxygen atoms in total. The molecule has 0 bridgehead atoms. The summed E-state index contributed by atoms with van der Waals surface area (Å²) in [6.45, 7) is 14.0. The molecule has 0 aliphatic heterocycles. The van der Waals surface area contributed by atoms with Crippen molar-refractivity contribution in [2.24, 2.45) is 0 Å². The highest BCUT2D eigenvalue weighted by Gasteiger charge is 2.26. The van der Waals surface area contributed by atoms with Crippen LogP contribution in [0.2, 0.25) is 36.3 Å². The fourth-order valence-corrected chi connectivity index (χ4v) is 12.0. The lowest BCUT2D eigenvalue weighted by molar-refractivity contribution is 1.20. The number of aromatic nitrogens is 2. The predicted molar refractivity (Wildman–Crippen MR) is 192 cm³/mol. The second kappa shape index (κ2) is 13.1. The van der Waals surface area contributed by atoms with Gasteiger partial charge < -0.3 is 0 Å². The van der Waals surface area contributed by atoms with Crippen LogP contribution >= 0.6 is 22.7 Å². The van der Waals surface area contributed by atoms with Gasteiger partial charge in [0, 0.05) is 23.5 Å². The lowest BCUT2D eigenvalue weighted by Gasteiger charge is -2.21. The van der Waals surface area contributed by atoms with Gasteiger partial charge in [0.1, 0.15) is 16.1 Å². The van der Waals surface area contributed by atoms with E-state index in [9.17, 15) is 0 Å². The summed E-state index contributed by atoms with van der Waals surface area (Å²) in [4.78, 5) is 11.1.